The van der Waals surface area contributed by atoms with Crippen LogP contribution in [0.4, 0.5) is 0 Å². The van der Waals surface area contributed by atoms with Crippen LogP contribution in [-0.4, -0.2) is 30.0 Å². The van der Waals surface area contributed by atoms with Crippen molar-refractivity contribution in [3.8, 4) is 0 Å². The van der Waals surface area contributed by atoms with Gasteiger partial charge < -0.3 is 10.1 Å². The van der Waals surface area contributed by atoms with Gasteiger partial charge in [-0.2, -0.15) is 0 Å². The smallest absolute Gasteiger partial charge is 0.238 e. The highest BCUT2D eigenvalue weighted by atomic mass is 35.5. The van der Waals surface area contributed by atoms with E-state index in [1.165, 1.54) is 0 Å². The molecule has 1 saturated heterocycles. The second-order valence-electron chi connectivity index (χ2n) is 3.47. The molecule has 1 aliphatic heterocycles. The number of carbonyl (C=O) groups is 1. The van der Waals surface area contributed by atoms with Gasteiger partial charge in [0.15, 0.2) is 0 Å². The first-order chi connectivity index (χ1) is 5.53. The Morgan fingerprint density at radius 2 is 2.42 bits per heavy atom. The summed E-state index contributed by atoms with van der Waals surface area (Å²) < 4.78 is 5.18. The highest BCUT2D eigenvalue weighted by molar-refractivity contribution is 6.30. The fraction of sp³-hybridized carbons (Fsp3) is 0.875. The fourth-order valence-electron chi connectivity index (χ4n) is 1.16. The van der Waals surface area contributed by atoms with E-state index < -0.39 is 5.38 Å². The Labute approximate surface area is 77.4 Å². The lowest BCUT2D eigenvalue weighted by molar-refractivity contribution is -0.122. The van der Waals surface area contributed by atoms with Gasteiger partial charge in [-0.15, -0.1) is 11.6 Å². The molecule has 0 aliphatic carbocycles. The quantitative estimate of drug-likeness (QED) is 0.659. The van der Waals surface area contributed by atoms with E-state index in [1.54, 1.807) is 6.92 Å². The van der Waals surface area contributed by atoms with E-state index in [1.807, 2.05) is 6.92 Å². The van der Waals surface area contributed by atoms with Gasteiger partial charge in [-0.05, 0) is 20.3 Å². The molecular weight excluding hydrogens is 178 g/mol. The third-order valence-electron chi connectivity index (χ3n) is 2.01. The van der Waals surface area contributed by atoms with Crippen molar-refractivity contribution in [1.29, 1.82) is 0 Å². The minimum absolute atomic E-state index is 0.121. The molecule has 1 heterocycles. The van der Waals surface area contributed by atoms with Crippen LogP contribution < -0.4 is 5.32 Å². The van der Waals surface area contributed by atoms with Crippen LogP contribution in [0.15, 0.2) is 0 Å². The van der Waals surface area contributed by atoms with Crippen molar-refractivity contribution < 1.29 is 9.53 Å². The topological polar surface area (TPSA) is 38.3 Å². The largest absolute Gasteiger partial charge is 0.379 e. The standard InChI is InChI=1S/C8H14ClNO2/c1-6(9)7(11)10-8(2)3-4-12-5-8/h6H,3-5H2,1-2H3,(H,10,11). The summed E-state index contributed by atoms with van der Waals surface area (Å²) in [5.41, 5.74) is -0.208. The zero-order valence-corrected chi connectivity index (χ0v) is 8.15. The molecule has 0 saturated carbocycles. The van der Waals surface area contributed by atoms with E-state index in [2.05, 4.69) is 5.32 Å². The van der Waals surface area contributed by atoms with E-state index in [-0.39, 0.29) is 11.4 Å². The summed E-state index contributed by atoms with van der Waals surface area (Å²) in [7, 11) is 0. The Kier molecular flexibility index (Phi) is 2.96. The third kappa shape index (κ3) is 2.35. The number of hydrogen-bond acceptors (Lipinski definition) is 2. The Morgan fingerprint density at radius 3 is 2.83 bits per heavy atom. The van der Waals surface area contributed by atoms with Crippen LogP contribution in [0.3, 0.4) is 0 Å². The van der Waals surface area contributed by atoms with Crippen LogP contribution in [0, 0.1) is 0 Å². The van der Waals surface area contributed by atoms with Gasteiger partial charge in [0.1, 0.15) is 5.38 Å². The molecule has 3 nitrogen and oxygen atoms in total. The van der Waals surface area contributed by atoms with E-state index in [0.717, 1.165) is 6.42 Å². The van der Waals surface area contributed by atoms with Crippen molar-refractivity contribution in [2.24, 2.45) is 0 Å². The summed E-state index contributed by atoms with van der Waals surface area (Å²) in [5.74, 6) is -0.121. The molecule has 4 heteroatoms. The predicted octanol–water partition coefficient (Wildman–Crippen LogP) is 0.909. The number of carbonyl (C=O) groups excluding carboxylic acids is 1. The van der Waals surface area contributed by atoms with Crippen molar-refractivity contribution in [3.05, 3.63) is 0 Å². The van der Waals surface area contributed by atoms with E-state index in [4.69, 9.17) is 16.3 Å². The average molecular weight is 192 g/mol. The molecular formula is C8H14ClNO2. The number of ether oxygens (including phenoxy) is 1. The van der Waals surface area contributed by atoms with Crippen LogP contribution in [0.25, 0.3) is 0 Å². The van der Waals surface area contributed by atoms with Crippen molar-refractivity contribution in [2.75, 3.05) is 13.2 Å². The third-order valence-corrected chi connectivity index (χ3v) is 2.20. The monoisotopic (exact) mass is 191 g/mol. The first kappa shape index (κ1) is 9.81. The maximum atomic E-state index is 11.2. The molecule has 0 radical (unpaired) electrons. The highest BCUT2D eigenvalue weighted by Crippen LogP contribution is 2.17. The maximum Gasteiger partial charge on any atom is 0.238 e. The summed E-state index contributed by atoms with van der Waals surface area (Å²) in [6.45, 7) is 4.93. The molecule has 1 rings (SSSR count). The summed E-state index contributed by atoms with van der Waals surface area (Å²) in [5, 5.41) is 2.39. The van der Waals surface area contributed by atoms with Gasteiger partial charge in [0.05, 0.1) is 12.1 Å². The van der Waals surface area contributed by atoms with Crippen LogP contribution in [0.5, 0.6) is 0 Å². The summed E-state index contributed by atoms with van der Waals surface area (Å²) in [6, 6.07) is 0. The SMILES string of the molecule is CC(Cl)C(=O)NC1(C)CCOC1. The van der Waals surface area contributed by atoms with Gasteiger partial charge in [-0.25, -0.2) is 0 Å². The molecule has 1 amide bonds. The molecule has 0 aromatic carbocycles. The molecule has 0 spiro atoms. The Bertz CT molecular complexity index is 176. The summed E-state index contributed by atoms with van der Waals surface area (Å²) in [4.78, 5) is 11.2. The average Bonchev–Trinajstić information content (AvgIpc) is 2.35. The van der Waals surface area contributed by atoms with Gasteiger partial charge in [0.2, 0.25) is 5.91 Å². The number of rotatable bonds is 2. The number of amides is 1. The lowest BCUT2D eigenvalue weighted by atomic mass is 10.0. The van der Waals surface area contributed by atoms with Gasteiger partial charge in [-0.1, -0.05) is 0 Å². The van der Waals surface area contributed by atoms with Crippen LogP contribution in [0.2, 0.25) is 0 Å². The summed E-state index contributed by atoms with van der Waals surface area (Å²) in [6.07, 6.45) is 0.863. The van der Waals surface area contributed by atoms with Gasteiger partial charge in [0, 0.05) is 6.61 Å². The number of hydrogen-bond donors (Lipinski definition) is 1. The first-order valence-corrected chi connectivity index (χ1v) is 4.51. The van der Waals surface area contributed by atoms with Crippen LogP contribution >= 0.6 is 11.6 Å². The normalized spacial score (nSPS) is 31.6. The van der Waals surface area contributed by atoms with Gasteiger partial charge >= 0.3 is 0 Å². The Morgan fingerprint density at radius 1 is 1.75 bits per heavy atom. The Balaban J connectivity index is 2.44. The van der Waals surface area contributed by atoms with Crippen LogP contribution in [-0.2, 0) is 9.53 Å². The molecule has 0 aromatic heterocycles. The van der Waals surface area contributed by atoms with Crippen molar-refractivity contribution in [3.63, 3.8) is 0 Å². The second kappa shape index (κ2) is 3.62. The zero-order valence-electron chi connectivity index (χ0n) is 7.39. The van der Waals surface area contributed by atoms with E-state index >= 15 is 0 Å². The number of nitrogens with one attached hydrogen (secondary N) is 1. The summed E-state index contributed by atoms with van der Waals surface area (Å²) >= 11 is 5.62. The molecule has 1 N–H and O–H groups in total. The van der Waals surface area contributed by atoms with Crippen molar-refractivity contribution in [2.45, 2.75) is 31.2 Å². The van der Waals surface area contributed by atoms with Crippen molar-refractivity contribution in [1.82, 2.24) is 5.32 Å². The molecule has 0 aromatic rings. The predicted molar refractivity (Wildman–Crippen MR) is 47.3 cm³/mol. The maximum absolute atomic E-state index is 11.2. The molecule has 0 bridgehead atoms. The second-order valence-corrected chi connectivity index (χ2v) is 4.12. The highest BCUT2D eigenvalue weighted by Gasteiger charge is 2.31. The zero-order chi connectivity index (χ0) is 9.19. The Hall–Kier alpha value is -0.280. The molecule has 70 valence electrons. The minimum Gasteiger partial charge on any atom is -0.379 e. The molecule has 2 unspecified atom stereocenters. The fourth-order valence-corrected chi connectivity index (χ4v) is 1.22. The van der Waals surface area contributed by atoms with Crippen molar-refractivity contribution >= 4 is 17.5 Å². The van der Waals surface area contributed by atoms with E-state index in [0.29, 0.717) is 13.2 Å². The molecule has 1 aliphatic rings. The van der Waals surface area contributed by atoms with E-state index in [9.17, 15) is 4.79 Å². The van der Waals surface area contributed by atoms with Gasteiger partial charge in [0.25, 0.3) is 0 Å². The first-order valence-electron chi connectivity index (χ1n) is 4.07. The van der Waals surface area contributed by atoms with Gasteiger partial charge in [-0.3, -0.25) is 4.79 Å². The lowest BCUT2D eigenvalue weighted by Crippen LogP contribution is -2.48. The molecule has 2 atom stereocenters. The van der Waals surface area contributed by atoms with Crippen LogP contribution in [0.1, 0.15) is 20.3 Å². The molecule has 12 heavy (non-hydrogen) atoms. The lowest BCUT2D eigenvalue weighted by Gasteiger charge is -2.24. The molecule has 1 fully saturated rings. The number of alkyl halides is 1. The minimum atomic E-state index is -0.470. The number of halogens is 1.